The summed E-state index contributed by atoms with van der Waals surface area (Å²) >= 11 is 0. The van der Waals surface area contributed by atoms with E-state index < -0.39 is 35.6 Å². The lowest BCUT2D eigenvalue weighted by Gasteiger charge is -2.30. The van der Waals surface area contributed by atoms with E-state index in [0.29, 0.717) is 25.7 Å². The lowest BCUT2D eigenvalue weighted by molar-refractivity contribution is -0.149. The number of rotatable bonds is 7. The molecule has 0 unspecified atom stereocenters. The van der Waals surface area contributed by atoms with Crippen molar-refractivity contribution in [2.24, 2.45) is 23.7 Å². The Morgan fingerprint density at radius 1 is 0.778 bits per heavy atom. The summed E-state index contributed by atoms with van der Waals surface area (Å²) in [6, 6.07) is -0.357. The molecule has 0 radical (unpaired) electrons. The van der Waals surface area contributed by atoms with Gasteiger partial charge >= 0.3 is 11.9 Å². The third kappa shape index (κ3) is 5.68. The van der Waals surface area contributed by atoms with Crippen LogP contribution in [0.25, 0.3) is 0 Å². The first-order chi connectivity index (χ1) is 12.8. The first kappa shape index (κ1) is 21.2. The zero-order valence-corrected chi connectivity index (χ0v) is 15.8. The number of amides is 2. The van der Waals surface area contributed by atoms with Gasteiger partial charge in [0.25, 0.3) is 0 Å². The van der Waals surface area contributed by atoms with Crippen molar-refractivity contribution in [1.82, 2.24) is 10.6 Å². The van der Waals surface area contributed by atoms with E-state index in [1.807, 2.05) is 0 Å². The monoisotopic (exact) mass is 382 g/mol. The minimum Gasteiger partial charge on any atom is -0.481 e. The van der Waals surface area contributed by atoms with Gasteiger partial charge in [0.1, 0.15) is 0 Å². The summed E-state index contributed by atoms with van der Waals surface area (Å²) in [5.74, 6) is -4.82. The van der Waals surface area contributed by atoms with Crippen molar-refractivity contribution in [3.63, 3.8) is 0 Å². The molecule has 2 aliphatic rings. The van der Waals surface area contributed by atoms with Gasteiger partial charge in [0.2, 0.25) is 11.8 Å². The summed E-state index contributed by atoms with van der Waals surface area (Å²) in [7, 11) is 0. The molecule has 0 spiro atoms. The largest absolute Gasteiger partial charge is 0.481 e. The number of carboxylic acid groups (broad SMARTS) is 2. The Kier molecular flexibility index (Phi) is 7.62. The van der Waals surface area contributed by atoms with Crippen molar-refractivity contribution in [3.05, 3.63) is 0 Å². The molecular formula is C19H30N2O6. The molecule has 5 atom stereocenters. The van der Waals surface area contributed by atoms with Gasteiger partial charge in [-0.25, -0.2) is 0 Å². The van der Waals surface area contributed by atoms with Crippen LogP contribution in [0.15, 0.2) is 0 Å². The fraction of sp³-hybridized carbons (Fsp3) is 0.789. The smallest absolute Gasteiger partial charge is 0.307 e. The number of hydrogen-bond donors (Lipinski definition) is 4. The minimum absolute atomic E-state index is 0.192. The number of carbonyl (C=O) groups is 4. The third-order valence-corrected chi connectivity index (χ3v) is 5.81. The maximum Gasteiger partial charge on any atom is 0.307 e. The second kappa shape index (κ2) is 9.71. The van der Waals surface area contributed by atoms with Crippen LogP contribution in [-0.4, -0.2) is 46.6 Å². The molecule has 0 aromatic heterocycles. The molecule has 2 rings (SSSR count). The van der Waals surface area contributed by atoms with Crippen LogP contribution in [0.4, 0.5) is 0 Å². The average molecular weight is 382 g/mol. The molecule has 0 bridgehead atoms. The molecule has 27 heavy (non-hydrogen) atoms. The van der Waals surface area contributed by atoms with Crippen molar-refractivity contribution >= 4 is 23.8 Å². The number of aliphatic carboxylic acids is 2. The summed E-state index contributed by atoms with van der Waals surface area (Å²) in [4.78, 5) is 47.5. The first-order valence-corrected chi connectivity index (χ1v) is 9.85. The molecule has 4 N–H and O–H groups in total. The molecular weight excluding hydrogens is 352 g/mol. The average Bonchev–Trinajstić information content (AvgIpc) is 2.65. The van der Waals surface area contributed by atoms with E-state index in [-0.39, 0.29) is 24.4 Å². The lowest BCUT2D eigenvalue weighted by Crippen LogP contribution is -2.48. The highest BCUT2D eigenvalue weighted by molar-refractivity contribution is 5.86. The van der Waals surface area contributed by atoms with Gasteiger partial charge in [-0.15, -0.1) is 0 Å². The van der Waals surface area contributed by atoms with Crippen LogP contribution in [-0.2, 0) is 19.2 Å². The molecule has 2 aliphatic carbocycles. The Hall–Kier alpha value is -2.12. The van der Waals surface area contributed by atoms with Crippen LogP contribution < -0.4 is 10.6 Å². The second-order valence-corrected chi connectivity index (χ2v) is 7.83. The zero-order chi connectivity index (χ0) is 20.0. The van der Waals surface area contributed by atoms with Crippen molar-refractivity contribution in [2.45, 2.75) is 64.3 Å². The third-order valence-electron chi connectivity index (χ3n) is 5.81. The summed E-state index contributed by atoms with van der Waals surface area (Å²) in [6.07, 6.45) is 5.46. The molecule has 0 heterocycles. The van der Waals surface area contributed by atoms with Gasteiger partial charge in [-0.05, 0) is 32.6 Å². The highest BCUT2D eigenvalue weighted by atomic mass is 16.4. The topological polar surface area (TPSA) is 133 Å². The van der Waals surface area contributed by atoms with Crippen LogP contribution in [0.2, 0.25) is 0 Å². The highest BCUT2D eigenvalue weighted by Gasteiger charge is 2.37. The van der Waals surface area contributed by atoms with Gasteiger partial charge in [-0.3, -0.25) is 19.2 Å². The van der Waals surface area contributed by atoms with E-state index in [1.54, 1.807) is 6.92 Å². The standard InChI is InChI=1S/C19H30N2O6/c1-11(21-17(23)13-7-3-5-9-15(13)19(26)27)10-20-16(22)12-6-2-4-8-14(12)18(24)25/h11-15H,2-10H2,1H3,(H,20,22)(H,21,23)(H,24,25)(H,26,27)/t11-,12-,13-,14+,15-/m1/s1. The Morgan fingerprint density at radius 3 is 1.63 bits per heavy atom. The Balaban J connectivity index is 1.83. The van der Waals surface area contributed by atoms with Gasteiger partial charge in [0.15, 0.2) is 0 Å². The van der Waals surface area contributed by atoms with Crippen LogP contribution in [0.1, 0.15) is 58.3 Å². The lowest BCUT2D eigenvalue weighted by atomic mass is 9.78. The number of hydrogen-bond acceptors (Lipinski definition) is 4. The Morgan fingerprint density at radius 2 is 1.19 bits per heavy atom. The van der Waals surface area contributed by atoms with E-state index >= 15 is 0 Å². The number of carboxylic acids is 2. The Labute approximate surface area is 159 Å². The van der Waals surface area contributed by atoms with Crippen LogP contribution in [0.3, 0.4) is 0 Å². The fourth-order valence-corrected chi connectivity index (χ4v) is 4.27. The highest BCUT2D eigenvalue weighted by Crippen LogP contribution is 2.31. The quantitative estimate of drug-likeness (QED) is 0.526. The molecule has 0 aromatic carbocycles. The van der Waals surface area contributed by atoms with Crippen molar-refractivity contribution in [1.29, 1.82) is 0 Å². The zero-order valence-electron chi connectivity index (χ0n) is 15.8. The summed E-state index contributed by atoms with van der Waals surface area (Å²) in [5.41, 5.74) is 0. The van der Waals surface area contributed by atoms with Gasteiger partial charge in [-0.1, -0.05) is 25.7 Å². The van der Waals surface area contributed by atoms with E-state index in [9.17, 15) is 29.4 Å². The van der Waals surface area contributed by atoms with Gasteiger partial charge in [-0.2, -0.15) is 0 Å². The fourth-order valence-electron chi connectivity index (χ4n) is 4.27. The van der Waals surface area contributed by atoms with E-state index in [4.69, 9.17) is 0 Å². The minimum atomic E-state index is -0.937. The SMILES string of the molecule is C[C@H](CNC(=O)[C@@H]1CCCC[C@@H]1C(=O)O)NC(=O)[C@@H]1CCCC[C@H]1C(=O)O. The molecule has 0 saturated heterocycles. The van der Waals surface area contributed by atoms with Crippen molar-refractivity contribution in [3.8, 4) is 0 Å². The molecule has 152 valence electrons. The summed E-state index contributed by atoms with van der Waals surface area (Å²) in [6.45, 7) is 1.93. The van der Waals surface area contributed by atoms with E-state index in [1.165, 1.54) is 0 Å². The second-order valence-electron chi connectivity index (χ2n) is 7.83. The Bertz CT molecular complexity index is 579. The molecule has 2 saturated carbocycles. The molecule has 0 aromatic rings. The van der Waals surface area contributed by atoms with Crippen LogP contribution >= 0.6 is 0 Å². The molecule has 8 nitrogen and oxygen atoms in total. The molecule has 0 aliphatic heterocycles. The van der Waals surface area contributed by atoms with Crippen LogP contribution in [0.5, 0.6) is 0 Å². The van der Waals surface area contributed by atoms with E-state index in [2.05, 4.69) is 10.6 Å². The summed E-state index contributed by atoms with van der Waals surface area (Å²) < 4.78 is 0. The van der Waals surface area contributed by atoms with Crippen molar-refractivity contribution < 1.29 is 29.4 Å². The van der Waals surface area contributed by atoms with Crippen molar-refractivity contribution in [2.75, 3.05) is 6.54 Å². The molecule has 2 amide bonds. The normalized spacial score (nSPS) is 29.4. The van der Waals surface area contributed by atoms with Gasteiger partial charge in [0.05, 0.1) is 23.7 Å². The molecule has 8 heteroatoms. The van der Waals surface area contributed by atoms with Gasteiger partial charge < -0.3 is 20.8 Å². The number of carbonyl (C=O) groups excluding carboxylic acids is 2. The predicted molar refractivity (Wildman–Crippen MR) is 96.8 cm³/mol. The van der Waals surface area contributed by atoms with E-state index in [0.717, 1.165) is 25.7 Å². The van der Waals surface area contributed by atoms with Crippen LogP contribution in [0, 0.1) is 23.7 Å². The maximum atomic E-state index is 12.4. The van der Waals surface area contributed by atoms with Gasteiger partial charge in [0, 0.05) is 12.6 Å². The number of nitrogens with one attached hydrogen (secondary N) is 2. The maximum absolute atomic E-state index is 12.4. The first-order valence-electron chi connectivity index (χ1n) is 9.85. The predicted octanol–water partition coefficient (Wildman–Crippen LogP) is 1.39. The summed E-state index contributed by atoms with van der Waals surface area (Å²) in [5, 5.41) is 24.1. The molecule has 2 fully saturated rings.